The standard InChI is InChI=1S/C18H24N6O3.C2HF3O2/c1-4-6-9-24-15-16(21-18(24)23-10-7-19-8-11-23)20-13(22(3)17(15)26)12-14(25)27-5-2;3-2(4,5)1(6)7/h19H,5,7-12H2,1-3H3;(H,6,7). The second-order valence-corrected chi connectivity index (χ2v) is 7.01. The molecule has 0 aromatic carbocycles. The van der Waals surface area contributed by atoms with Crippen molar-refractivity contribution in [3.63, 3.8) is 0 Å². The third kappa shape index (κ3) is 6.47. The summed E-state index contributed by atoms with van der Waals surface area (Å²) in [6.45, 7) is 7.43. The van der Waals surface area contributed by atoms with Crippen molar-refractivity contribution in [2.45, 2.75) is 33.0 Å². The second kappa shape index (κ2) is 11.5. The number of hydrogen-bond acceptors (Lipinski definition) is 8. The maximum absolute atomic E-state index is 13.0. The number of aliphatic carboxylic acids is 1. The third-order valence-electron chi connectivity index (χ3n) is 4.72. The normalized spacial score (nSPS) is 13.5. The number of fused-ring (bicyclic) bond motifs is 1. The number of esters is 1. The lowest BCUT2D eigenvalue weighted by atomic mass is 10.3. The van der Waals surface area contributed by atoms with Crippen molar-refractivity contribution in [3.05, 3.63) is 16.2 Å². The maximum atomic E-state index is 13.0. The highest BCUT2D eigenvalue weighted by Crippen LogP contribution is 2.20. The Morgan fingerprint density at radius 1 is 1.24 bits per heavy atom. The van der Waals surface area contributed by atoms with E-state index in [1.165, 1.54) is 4.57 Å². The first kappa shape index (κ1) is 26.7. The molecule has 2 aromatic heterocycles. The van der Waals surface area contributed by atoms with Gasteiger partial charge in [0.15, 0.2) is 11.2 Å². The van der Waals surface area contributed by atoms with E-state index in [-0.39, 0.29) is 18.6 Å². The third-order valence-corrected chi connectivity index (χ3v) is 4.72. The van der Waals surface area contributed by atoms with Crippen LogP contribution in [-0.2, 0) is 34.3 Å². The fourth-order valence-electron chi connectivity index (χ4n) is 3.10. The van der Waals surface area contributed by atoms with Crippen molar-refractivity contribution in [1.82, 2.24) is 24.4 Å². The summed E-state index contributed by atoms with van der Waals surface area (Å²) in [6.07, 6.45) is -5.15. The zero-order valence-electron chi connectivity index (χ0n) is 18.9. The van der Waals surface area contributed by atoms with Crippen LogP contribution in [0.2, 0.25) is 0 Å². The van der Waals surface area contributed by atoms with Crippen molar-refractivity contribution in [2.24, 2.45) is 7.05 Å². The molecule has 1 aliphatic rings. The van der Waals surface area contributed by atoms with E-state index in [2.05, 4.69) is 32.0 Å². The van der Waals surface area contributed by atoms with Crippen LogP contribution in [0.4, 0.5) is 19.1 Å². The zero-order valence-corrected chi connectivity index (χ0v) is 18.9. The number of piperazine rings is 1. The number of carboxylic acids is 1. The Morgan fingerprint density at radius 2 is 1.85 bits per heavy atom. The molecule has 186 valence electrons. The highest BCUT2D eigenvalue weighted by atomic mass is 19.4. The minimum atomic E-state index is -5.08. The molecule has 2 aromatic rings. The lowest BCUT2D eigenvalue weighted by molar-refractivity contribution is -0.192. The summed E-state index contributed by atoms with van der Waals surface area (Å²) in [4.78, 5) is 45.0. The number of rotatable bonds is 5. The number of anilines is 1. The number of carboxylic acid groups (broad SMARTS) is 1. The number of aromatic nitrogens is 4. The second-order valence-electron chi connectivity index (χ2n) is 7.01. The number of carbonyl (C=O) groups is 2. The molecule has 0 saturated carbocycles. The number of carbonyl (C=O) groups excluding carboxylic acids is 1. The predicted octanol–water partition coefficient (Wildman–Crippen LogP) is 0.302. The van der Waals surface area contributed by atoms with Gasteiger partial charge in [0.05, 0.1) is 13.2 Å². The van der Waals surface area contributed by atoms with E-state index in [1.54, 1.807) is 20.9 Å². The Bertz CT molecular complexity index is 1160. The first-order chi connectivity index (χ1) is 16.0. The Balaban J connectivity index is 0.000000509. The number of imidazole rings is 1. The number of alkyl halides is 3. The van der Waals surface area contributed by atoms with Crippen molar-refractivity contribution in [1.29, 1.82) is 0 Å². The summed E-state index contributed by atoms with van der Waals surface area (Å²) >= 11 is 0. The van der Waals surface area contributed by atoms with E-state index < -0.39 is 18.1 Å². The molecule has 3 rings (SSSR count). The first-order valence-corrected chi connectivity index (χ1v) is 10.3. The van der Waals surface area contributed by atoms with E-state index in [9.17, 15) is 22.8 Å². The molecule has 0 atom stereocenters. The molecule has 0 spiro atoms. The molecule has 1 saturated heterocycles. The summed E-state index contributed by atoms with van der Waals surface area (Å²) in [6, 6.07) is 0. The molecule has 3 heterocycles. The van der Waals surface area contributed by atoms with Crippen LogP contribution in [0.15, 0.2) is 4.79 Å². The number of ether oxygens (including phenoxy) is 1. The van der Waals surface area contributed by atoms with Gasteiger partial charge in [0.2, 0.25) is 5.95 Å². The maximum Gasteiger partial charge on any atom is 0.490 e. The summed E-state index contributed by atoms with van der Waals surface area (Å²) in [7, 11) is 1.61. The quantitative estimate of drug-likeness (QED) is 0.453. The van der Waals surface area contributed by atoms with Gasteiger partial charge in [-0.3, -0.25) is 18.7 Å². The van der Waals surface area contributed by atoms with Crippen molar-refractivity contribution in [2.75, 3.05) is 37.7 Å². The average Bonchev–Trinajstić information content (AvgIpc) is 3.14. The highest BCUT2D eigenvalue weighted by Gasteiger charge is 2.38. The highest BCUT2D eigenvalue weighted by molar-refractivity contribution is 5.76. The summed E-state index contributed by atoms with van der Waals surface area (Å²) in [5, 5.41) is 10.4. The van der Waals surface area contributed by atoms with Crippen LogP contribution in [0.1, 0.15) is 19.7 Å². The molecule has 0 unspecified atom stereocenters. The Morgan fingerprint density at radius 3 is 2.38 bits per heavy atom. The molecule has 1 fully saturated rings. The van der Waals surface area contributed by atoms with Gasteiger partial charge in [-0.15, -0.1) is 5.92 Å². The lowest BCUT2D eigenvalue weighted by Gasteiger charge is -2.28. The predicted molar refractivity (Wildman–Crippen MR) is 115 cm³/mol. The summed E-state index contributed by atoms with van der Waals surface area (Å²) in [5.74, 6) is 3.73. The molecule has 0 aliphatic carbocycles. The molecule has 0 bridgehead atoms. The van der Waals surface area contributed by atoms with E-state index in [0.717, 1.165) is 26.2 Å². The van der Waals surface area contributed by atoms with Gasteiger partial charge >= 0.3 is 18.1 Å². The zero-order chi connectivity index (χ0) is 25.5. The van der Waals surface area contributed by atoms with Crippen LogP contribution in [-0.4, -0.2) is 75.1 Å². The molecule has 0 radical (unpaired) electrons. The van der Waals surface area contributed by atoms with Gasteiger partial charge in [-0.25, -0.2) is 9.78 Å². The Labute approximate surface area is 192 Å². The van der Waals surface area contributed by atoms with Gasteiger partial charge in [0.1, 0.15) is 12.2 Å². The molecular formula is C20H25F3N6O5. The largest absolute Gasteiger partial charge is 0.490 e. The summed E-state index contributed by atoms with van der Waals surface area (Å²) in [5.41, 5.74) is 0.497. The molecule has 1 aliphatic heterocycles. The van der Waals surface area contributed by atoms with Crippen LogP contribution in [0.25, 0.3) is 11.2 Å². The van der Waals surface area contributed by atoms with Crippen LogP contribution >= 0.6 is 0 Å². The minimum Gasteiger partial charge on any atom is -0.475 e. The van der Waals surface area contributed by atoms with Crippen LogP contribution in [0.3, 0.4) is 0 Å². The average molecular weight is 486 g/mol. The number of hydrogen-bond donors (Lipinski definition) is 2. The van der Waals surface area contributed by atoms with Gasteiger partial charge in [-0.05, 0) is 13.8 Å². The number of nitrogens with zero attached hydrogens (tertiary/aromatic N) is 5. The van der Waals surface area contributed by atoms with Crippen LogP contribution < -0.4 is 15.8 Å². The molecule has 11 nitrogen and oxygen atoms in total. The fourth-order valence-corrected chi connectivity index (χ4v) is 3.10. The van der Waals surface area contributed by atoms with E-state index >= 15 is 0 Å². The van der Waals surface area contributed by atoms with E-state index in [4.69, 9.17) is 14.6 Å². The molecule has 14 heteroatoms. The molecule has 2 N–H and O–H groups in total. The van der Waals surface area contributed by atoms with Crippen molar-refractivity contribution < 1.29 is 32.6 Å². The number of halogens is 3. The monoisotopic (exact) mass is 486 g/mol. The summed E-state index contributed by atoms with van der Waals surface area (Å²) < 4.78 is 39.9. The van der Waals surface area contributed by atoms with E-state index in [1.807, 2.05) is 4.57 Å². The van der Waals surface area contributed by atoms with Gasteiger partial charge in [-0.1, -0.05) is 5.92 Å². The van der Waals surface area contributed by atoms with Crippen molar-refractivity contribution in [3.8, 4) is 11.8 Å². The SMILES string of the molecule is CC#CCn1c(N2CCNCC2)nc2nc(CC(=O)OCC)n(C)c(=O)c21.O=C(O)C(F)(F)F. The molecule has 0 amide bonds. The topological polar surface area (TPSA) is 132 Å². The smallest absolute Gasteiger partial charge is 0.475 e. The molecule has 34 heavy (non-hydrogen) atoms. The number of nitrogens with one attached hydrogen (secondary N) is 1. The first-order valence-electron chi connectivity index (χ1n) is 10.3. The fraction of sp³-hybridized carbons (Fsp3) is 0.550. The Hall–Kier alpha value is -3.60. The van der Waals surface area contributed by atoms with Crippen molar-refractivity contribution >= 4 is 29.1 Å². The van der Waals surface area contributed by atoms with Crippen LogP contribution in [0, 0.1) is 11.8 Å². The lowest BCUT2D eigenvalue weighted by Crippen LogP contribution is -2.44. The minimum absolute atomic E-state index is 0.0693. The van der Waals surface area contributed by atoms with Crippen LogP contribution in [0.5, 0.6) is 0 Å². The van der Waals surface area contributed by atoms with Gasteiger partial charge in [-0.2, -0.15) is 18.2 Å². The molecular weight excluding hydrogens is 461 g/mol. The Kier molecular flexibility index (Phi) is 9.02. The van der Waals surface area contributed by atoms with Gasteiger partial charge in [0.25, 0.3) is 5.56 Å². The van der Waals surface area contributed by atoms with E-state index in [0.29, 0.717) is 29.5 Å². The van der Waals surface area contributed by atoms with Gasteiger partial charge < -0.3 is 20.1 Å². The van der Waals surface area contributed by atoms with Gasteiger partial charge in [0, 0.05) is 33.2 Å².